The molecule has 1 saturated carbocycles. The van der Waals surface area contributed by atoms with E-state index in [0.717, 1.165) is 11.6 Å². The third-order valence-corrected chi connectivity index (χ3v) is 8.34. The highest BCUT2D eigenvalue weighted by Crippen LogP contribution is 2.43. The van der Waals surface area contributed by atoms with Gasteiger partial charge in [0.05, 0.1) is 19.2 Å². The first-order chi connectivity index (χ1) is 23.6. The van der Waals surface area contributed by atoms with Gasteiger partial charge in [0.2, 0.25) is 11.8 Å². The molecule has 0 radical (unpaired) electrons. The third-order valence-electron chi connectivity index (χ3n) is 8.34. The van der Waals surface area contributed by atoms with Crippen LogP contribution in [0.15, 0.2) is 91.3 Å². The van der Waals surface area contributed by atoms with Crippen LogP contribution in [0.2, 0.25) is 0 Å². The maximum Gasteiger partial charge on any atom is 0.404 e. The van der Waals surface area contributed by atoms with Crippen molar-refractivity contribution in [2.45, 2.75) is 38.5 Å². The van der Waals surface area contributed by atoms with Gasteiger partial charge in [0.25, 0.3) is 0 Å². The van der Waals surface area contributed by atoms with Gasteiger partial charge in [0.1, 0.15) is 11.5 Å². The Kier molecular flexibility index (Phi) is 11.1. The zero-order chi connectivity index (χ0) is 34.8. The summed E-state index contributed by atoms with van der Waals surface area (Å²) in [5.41, 5.74) is 6.82. The van der Waals surface area contributed by atoms with Crippen LogP contribution in [0.25, 0.3) is 0 Å². The number of nitrogens with zero attached hydrogens (tertiary/aromatic N) is 1. The minimum atomic E-state index is -0.875. The Morgan fingerprint density at radius 2 is 1.61 bits per heavy atom. The Morgan fingerprint density at radius 3 is 2.31 bits per heavy atom. The zero-order valence-electron chi connectivity index (χ0n) is 26.4. The van der Waals surface area contributed by atoms with E-state index >= 15 is 4.39 Å². The molecule has 0 bridgehead atoms. The van der Waals surface area contributed by atoms with E-state index in [1.54, 1.807) is 0 Å². The number of carbonyl (C=O) groups is 4. The highest BCUT2D eigenvalue weighted by Gasteiger charge is 2.39. The normalized spacial score (nSPS) is 17.0. The molecule has 0 aliphatic heterocycles. The van der Waals surface area contributed by atoms with Crippen molar-refractivity contribution in [3.05, 3.63) is 114 Å². The molecular weight excluding hydrogens is 636 g/mol. The average molecular weight is 672 g/mol. The highest BCUT2D eigenvalue weighted by atomic mass is 19.1. The molecule has 1 aliphatic rings. The molecule has 5 rings (SSSR count). The lowest BCUT2D eigenvalue weighted by molar-refractivity contribution is -0.122. The number of hydrogen-bond donors (Lipinski definition) is 4. The van der Waals surface area contributed by atoms with Gasteiger partial charge in [0.15, 0.2) is 17.3 Å². The smallest absolute Gasteiger partial charge is 0.404 e. The predicted molar refractivity (Wildman–Crippen MR) is 177 cm³/mol. The van der Waals surface area contributed by atoms with Gasteiger partial charge in [-0.3, -0.25) is 19.9 Å². The SMILES string of the molecule is NC(=O)OCC1(Cc2ccccc2)CCC(C(=O)Nc2cnccc2Oc2ccc(NC(=O)NC(=O)Cc3ccc(F)cc3)cc2F)CC1. The van der Waals surface area contributed by atoms with E-state index in [2.05, 4.69) is 20.9 Å². The van der Waals surface area contributed by atoms with E-state index < -0.39 is 29.7 Å². The van der Waals surface area contributed by atoms with E-state index in [9.17, 15) is 23.6 Å². The van der Waals surface area contributed by atoms with Crippen molar-refractivity contribution < 1.29 is 37.4 Å². The van der Waals surface area contributed by atoms with Gasteiger partial charge in [-0.2, -0.15) is 0 Å². The number of amides is 5. The van der Waals surface area contributed by atoms with Crippen LogP contribution in [0.3, 0.4) is 0 Å². The fourth-order valence-electron chi connectivity index (χ4n) is 5.82. The lowest BCUT2D eigenvalue weighted by Gasteiger charge is -2.39. The number of hydrogen-bond acceptors (Lipinski definition) is 7. The largest absolute Gasteiger partial charge is 0.452 e. The Morgan fingerprint density at radius 1 is 0.878 bits per heavy atom. The van der Waals surface area contributed by atoms with E-state index in [-0.39, 0.29) is 53.1 Å². The summed E-state index contributed by atoms with van der Waals surface area (Å²) in [6.07, 6.45) is 4.89. The van der Waals surface area contributed by atoms with Gasteiger partial charge in [-0.05, 0) is 67.5 Å². The fraction of sp³-hybridized carbons (Fsp3) is 0.250. The Balaban J connectivity index is 1.16. The van der Waals surface area contributed by atoms with Crippen molar-refractivity contribution in [1.82, 2.24) is 10.3 Å². The zero-order valence-corrected chi connectivity index (χ0v) is 26.4. The minimum Gasteiger partial charge on any atom is -0.452 e. The highest BCUT2D eigenvalue weighted by molar-refractivity contribution is 6.01. The van der Waals surface area contributed by atoms with Gasteiger partial charge < -0.3 is 25.8 Å². The molecule has 5 amide bonds. The van der Waals surface area contributed by atoms with Gasteiger partial charge in [-0.15, -0.1) is 0 Å². The number of benzene rings is 3. The van der Waals surface area contributed by atoms with Crippen LogP contribution < -0.4 is 26.4 Å². The van der Waals surface area contributed by atoms with E-state index in [0.29, 0.717) is 37.7 Å². The monoisotopic (exact) mass is 671 g/mol. The third kappa shape index (κ3) is 9.83. The summed E-state index contributed by atoms with van der Waals surface area (Å²) in [4.78, 5) is 53.3. The topological polar surface area (TPSA) is 162 Å². The lowest BCUT2D eigenvalue weighted by Crippen LogP contribution is -2.38. The van der Waals surface area contributed by atoms with Gasteiger partial charge in [-0.1, -0.05) is 42.5 Å². The van der Waals surface area contributed by atoms with Gasteiger partial charge in [-0.25, -0.2) is 18.4 Å². The van der Waals surface area contributed by atoms with Crippen molar-refractivity contribution in [3.8, 4) is 11.5 Å². The quantitative estimate of drug-likeness (QED) is 0.142. The Labute approximate surface area is 281 Å². The number of ether oxygens (including phenoxy) is 2. The molecule has 1 heterocycles. The second kappa shape index (κ2) is 15.8. The van der Waals surface area contributed by atoms with Crippen LogP contribution in [-0.2, 0) is 27.2 Å². The van der Waals surface area contributed by atoms with E-state index in [4.69, 9.17) is 15.2 Å². The molecular formula is C36H35F2N5O6. The molecule has 0 saturated heterocycles. The maximum atomic E-state index is 15.1. The number of nitrogens with one attached hydrogen (secondary N) is 3. The Hall–Kier alpha value is -5.85. The molecule has 0 spiro atoms. The van der Waals surface area contributed by atoms with Crippen LogP contribution in [0.1, 0.15) is 36.8 Å². The molecule has 49 heavy (non-hydrogen) atoms. The molecule has 1 fully saturated rings. The Bertz CT molecular complexity index is 1800. The van der Waals surface area contributed by atoms with E-state index in [1.165, 1.54) is 54.9 Å². The second-order valence-electron chi connectivity index (χ2n) is 12.0. The number of anilines is 2. The minimum absolute atomic E-state index is 0.0575. The molecule has 4 aromatic rings. The molecule has 5 N–H and O–H groups in total. The van der Waals surface area contributed by atoms with Crippen LogP contribution in [-0.4, -0.2) is 35.5 Å². The van der Waals surface area contributed by atoms with Crippen LogP contribution >= 0.6 is 0 Å². The first kappa shape index (κ1) is 34.5. The standard InChI is InChI=1S/C36H35F2N5O6/c37-26-8-6-23(7-9-26)18-32(44)43-35(47)41-27-10-11-30(28(38)19-27)49-31-14-17-40-21-29(31)42-33(45)25-12-15-36(16-13-25,22-48-34(39)46)20-24-4-2-1-3-5-24/h1-11,14,17,19,21,25H,12-13,15-16,18,20,22H2,(H2,39,46)(H,42,45)(H2,41,43,44,47). The van der Waals surface area contributed by atoms with Crippen LogP contribution in [0.5, 0.6) is 11.5 Å². The number of pyridine rings is 1. The van der Waals surface area contributed by atoms with Crippen molar-refractivity contribution in [2.75, 3.05) is 17.2 Å². The number of urea groups is 1. The molecule has 11 nitrogen and oxygen atoms in total. The summed E-state index contributed by atoms with van der Waals surface area (Å²) in [5.74, 6) is -2.51. The summed E-state index contributed by atoms with van der Waals surface area (Å²) in [5, 5.41) is 7.37. The van der Waals surface area contributed by atoms with Crippen molar-refractivity contribution in [1.29, 1.82) is 0 Å². The van der Waals surface area contributed by atoms with E-state index in [1.807, 2.05) is 30.3 Å². The average Bonchev–Trinajstić information content (AvgIpc) is 3.07. The van der Waals surface area contributed by atoms with Gasteiger partial charge >= 0.3 is 12.1 Å². The summed E-state index contributed by atoms with van der Waals surface area (Å²) >= 11 is 0. The van der Waals surface area contributed by atoms with Crippen molar-refractivity contribution in [2.24, 2.45) is 17.1 Å². The first-order valence-corrected chi connectivity index (χ1v) is 15.6. The maximum absolute atomic E-state index is 15.1. The second-order valence-corrected chi connectivity index (χ2v) is 12.0. The molecule has 1 aliphatic carbocycles. The summed E-state index contributed by atoms with van der Waals surface area (Å²) < 4.78 is 39.1. The summed E-state index contributed by atoms with van der Waals surface area (Å²) in [7, 11) is 0. The van der Waals surface area contributed by atoms with Crippen LogP contribution in [0.4, 0.5) is 29.7 Å². The molecule has 0 unspecified atom stereocenters. The predicted octanol–water partition coefficient (Wildman–Crippen LogP) is 6.50. The molecule has 0 atom stereocenters. The fourth-order valence-corrected chi connectivity index (χ4v) is 5.82. The van der Waals surface area contributed by atoms with Crippen molar-refractivity contribution >= 4 is 35.3 Å². The number of rotatable bonds is 11. The number of halogens is 2. The lowest BCUT2D eigenvalue weighted by atomic mass is 9.67. The number of aromatic nitrogens is 1. The number of nitrogens with two attached hydrogens (primary N) is 1. The molecule has 1 aromatic heterocycles. The number of carbonyl (C=O) groups excluding carboxylic acids is 4. The number of primary amides is 1. The summed E-state index contributed by atoms with van der Waals surface area (Å²) in [6, 6.07) is 19.4. The molecule has 13 heteroatoms. The molecule has 3 aromatic carbocycles. The number of imide groups is 1. The summed E-state index contributed by atoms with van der Waals surface area (Å²) in [6.45, 7) is 0.159. The first-order valence-electron chi connectivity index (χ1n) is 15.6. The molecule has 254 valence electrons. The van der Waals surface area contributed by atoms with Crippen LogP contribution in [0, 0.1) is 23.0 Å². The van der Waals surface area contributed by atoms with Gasteiger partial charge in [0, 0.05) is 35.3 Å². The van der Waals surface area contributed by atoms with Crippen molar-refractivity contribution in [3.63, 3.8) is 0 Å².